The predicted octanol–water partition coefficient (Wildman–Crippen LogP) is 3.80. The standard InChI is InChI=1S/C20H20ClN3O4S/c1-13(25)22-20-23-24(14(2)26)19(29-20)15-7-3-5-9-17(15)27-11-12-28-18-10-6-4-8-16(18)21/h3-10,19H,11-12H2,1-2H3,(H,22,23,25)/t19-/m0/s1. The Morgan fingerprint density at radius 3 is 2.34 bits per heavy atom. The van der Waals surface area contributed by atoms with Gasteiger partial charge < -0.3 is 14.8 Å². The summed E-state index contributed by atoms with van der Waals surface area (Å²) in [6.45, 7) is 3.41. The SMILES string of the molecule is CC(=O)NC1=NN(C(C)=O)[C@H](c2ccccc2OCCOc2ccccc2Cl)S1. The Morgan fingerprint density at radius 2 is 1.69 bits per heavy atom. The van der Waals surface area contributed by atoms with Gasteiger partial charge in [-0.3, -0.25) is 9.59 Å². The Bertz CT molecular complexity index is 937. The number of amidine groups is 1. The van der Waals surface area contributed by atoms with Crippen molar-refractivity contribution in [3.05, 3.63) is 59.1 Å². The van der Waals surface area contributed by atoms with Crippen LogP contribution in [0.4, 0.5) is 0 Å². The van der Waals surface area contributed by atoms with E-state index in [1.54, 1.807) is 12.1 Å². The lowest BCUT2D eigenvalue weighted by Gasteiger charge is -2.21. The zero-order valence-electron chi connectivity index (χ0n) is 15.9. The van der Waals surface area contributed by atoms with Crippen LogP contribution in [0.2, 0.25) is 5.02 Å². The zero-order valence-corrected chi connectivity index (χ0v) is 17.5. The average molecular weight is 434 g/mol. The molecule has 3 rings (SSSR count). The zero-order chi connectivity index (χ0) is 20.8. The van der Waals surface area contributed by atoms with E-state index in [1.165, 1.54) is 30.6 Å². The Hall–Kier alpha value is -2.71. The summed E-state index contributed by atoms with van der Waals surface area (Å²) in [5, 5.41) is 8.64. The number of thioether (sulfide) groups is 1. The third kappa shape index (κ3) is 5.42. The van der Waals surface area contributed by atoms with Crippen molar-refractivity contribution < 1.29 is 19.1 Å². The summed E-state index contributed by atoms with van der Waals surface area (Å²) in [5.41, 5.74) is 0.773. The number of halogens is 1. The second-order valence-electron chi connectivity index (χ2n) is 6.09. The fraction of sp³-hybridized carbons (Fsp3) is 0.250. The number of ether oxygens (including phenoxy) is 2. The largest absolute Gasteiger partial charge is 0.490 e. The number of para-hydroxylation sites is 2. The molecular formula is C20H20ClN3O4S. The minimum absolute atomic E-state index is 0.236. The molecule has 0 bridgehead atoms. The average Bonchev–Trinajstić information content (AvgIpc) is 3.10. The maximum absolute atomic E-state index is 12.0. The summed E-state index contributed by atoms with van der Waals surface area (Å²) in [7, 11) is 0. The molecule has 1 N–H and O–H groups in total. The number of amides is 2. The second kappa shape index (κ2) is 9.67. The van der Waals surface area contributed by atoms with Crippen molar-refractivity contribution in [2.45, 2.75) is 19.2 Å². The van der Waals surface area contributed by atoms with Gasteiger partial charge in [-0.15, -0.1) is 5.10 Å². The number of carbonyl (C=O) groups is 2. The third-order valence-corrected chi connectivity index (χ3v) is 5.27. The lowest BCUT2D eigenvalue weighted by Crippen LogP contribution is -2.25. The molecule has 0 aromatic heterocycles. The van der Waals surface area contributed by atoms with Gasteiger partial charge >= 0.3 is 0 Å². The number of hydrazone groups is 1. The van der Waals surface area contributed by atoms with E-state index in [4.69, 9.17) is 21.1 Å². The molecule has 0 radical (unpaired) electrons. The van der Waals surface area contributed by atoms with Crippen LogP contribution in [-0.4, -0.2) is 35.2 Å². The van der Waals surface area contributed by atoms with E-state index in [-0.39, 0.29) is 11.8 Å². The van der Waals surface area contributed by atoms with Crippen molar-refractivity contribution in [3.63, 3.8) is 0 Å². The summed E-state index contributed by atoms with van der Waals surface area (Å²) in [6, 6.07) is 14.6. The first-order valence-electron chi connectivity index (χ1n) is 8.87. The van der Waals surface area contributed by atoms with Crippen LogP contribution in [0, 0.1) is 0 Å². The van der Waals surface area contributed by atoms with Crippen molar-refractivity contribution >= 4 is 40.3 Å². The minimum Gasteiger partial charge on any atom is -0.490 e. The Labute approximate surface area is 178 Å². The van der Waals surface area contributed by atoms with Gasteiger partial charge in [0.1, 0.15) is 30.1 Å². The molecule has 2 amide bonds. The van der Waals surface area contributed by atoms with Gasteiger partial charge in [0.25, 0.3) is 0 Å². The molecule has 1 atom stereocenters. The molecule has 9 heteroatoms. The summed E-state index contributed by atoms with van der Waals surface area (Å²) in [6.07, 6.45) is 0. The van der Waals surface area contributed by atoms with Crippen LogP contribution >= 0.6 is 23.4 Å². The van der Waals surface area contributed by atoms with Gasteiger partial charge in [-0.25, -0.2) is 5.01 Å². The van der Waals surface area contributed by atoms with Crippen molar-refractivity contribution in [1.82, 2.24) is 10.3 Å². The molecule has 2 aromatic carbocycles. The van der Waals surface area contributed by atoms with Crippen LogP contribution in [0.5, 0.6) is 11.5 Å². The number of rotatable bonds is 6. The molecule has 7 nitrogen and oxygen atoms in total. The van der Waals surface area contributed by atoms with E-state index in [1.807, 2.05) is 36.4 Å². The molecule has 0 unspecified atom stereocenters. The molecule has 2 aromatic rings. The monoisotopic (exact) mass is 433 g/mol. The number of hydrogen-bond donors (Lipinski definition) is 1. The smallest absolute Gasteiger partial charge is 0.241 e. The fourth-order valence-corrected chi connectivity index (χ4v) is 4.00. The van der Waals surface area contributed by atoms with Gasteiger partial charge in [-0.2, -0.15) is 0 Å². The number of hydrogen-bond acceptors (Lipinski definition) is 6. The lowest BCUT2D eigenvalue weighted by atomic mass is 10.2. The number of nitrogens with zero attached hydrogens (tertiary/aromatic N) is 2. The summed E-state index contributed by atoms with van der Waals surface area (Å²) < 4.78 is 11.5. The predicted molar refractivity (Wildman–Crippen MR) is 113 cm³/mol. The van der Waals surface area contributed by atoms with Gasteiger partial charge in [0.2, 0.25) is 11.8 Å². The fourth-order valence-electron chi connectivity index (χ4n) is 2.65. The van der Waals surface area contributed by atoms with Gasteiger partial charge in [0.05, 0.1) is 5.02 Å². The van der Waals surface area contributed by atoms with Crippen molar-refractivity contribution in [1.29, 1.82) is 0 Å². The van der Waals surface area contributed by atoms with Gasteiger partial charge in [0, 0.05) is 19.4 Å². The van der Waals surface area contributed by atoms with Crippen LogP contribution in [0.15, 0.2) is 53.6 Å². The van der Waals surface area contributed by atoms with Crippen LogP contribution in [0.1, 0.15) is 24.8 Å². The van der Waals surface area contributed by atoms with Crippen LogP contribution in [0.3, 0.4) is 0 Å². The third-order valence-electron chi connectivity index (χ3n) is 3.87. The van der Waals surface area contributed by atoms with E-state index < -0.39 is 5.37 Å². The highest BCUT2D eigenvalue weighted by molar-refractivity contribution is 8.14. The quantitative estimate of drug-likeness (QED) is 0.701. The Balaban J connectivity index is 1.67. The molecule has 29 heavy (non-hydrogen) atoms. The molecule has 1 heterocycles. The second-order valence-corrected chi connectivity index (χ2v) is 7.56. The molecule has 0 aliphatic carbocycles. The normalized spacial score (nSPS) is 15.6. The summed E-state index contributed by atoms with van der Waals surface area (Å²) >= 11 is 7.35. The first-order valence-corrected chi connectivity index (χ1v) is 10.1. The first kappa shape index (κ1) is 21.0. The molecule has 0 fully saturated rings. The molecule has 0 saturated heterocycles. The topological polar surface area (TPSA) is 80.2 Å². The highest BCUT2D eigenvalue weighted by Gasteiger charge is 2.34. The van der Waals surface area contributed by atoms with Gasteiger partial charge in [-0.1, -0.05) is 53.7 Å². The Kier molecular flexibility index (Phi) is 7.00. The van der Waals surface area contributed by atoms with Gasteiger partial charge in [0.15, 0.2) is 5.17 Å². The van der Waals surface area contributed by atoms with E-state index in [0.717, 1.165) is 5.56 Å². The molecule has 1 aliphatic rings. The highest BCUT2D eigenvalue weighted by atomic mass is 35.5. The van der Waals surface area contributed by atoms with Crippen molar-refractivity contribution in [3.8, 4) is 11.5 Å². The number of benzene rings is 2. The van der Waals surface area contributed by atoms with E-state index in [0.29, 0.717) is 34.9 Å². The van der Waals surface area contributed by atoms with Crippen molar-refractivity contribution in [2.75, 3.05) is 13.2 Å². The van der Waals surface area contributed by atoms with E-state index in [2.05, 4.69) is 10.4 Å². The lowest BCUT2D eigenvalue weighted by molar-refractivity contribution is -0.129. The summed E-state index contributed by atoms with van der Waals surface area (Å²) in [4.78, 5) is 23.4. The molecule has 1 aliphatic heterocycles. The Morgan fingerprint density at radius 1 is 1.07 bits per heavy atom. The van der Waals surface area contributed by atoms with E-state index in [9.17, 15) is 9.59 Å². The van der Waals surface area contributed by atoms with Crippen LogP contribution < -0.4 is 14.8 Å². The maximum atomic E-state index is 12.0. The summed E-state index contributed by atoms with van der Waals surface area (Å²) in [5.74, 6) is 0.716. The molecule has 0 saturated carbocycles. The van der Waals surface area contributed by atoms with E-state index >= 15 is 0 Å². The first-order chi connectivity index (χ1) is 14.0. The van der Waals surface area contributed by atoms with Gasteiger partial charge in [-0.05, 0) is 18.2 Å². The number of nitrogens with one attached hydrogen (secondary N) is 1. The van der Waals surface area contributed by atoms with Crippen LogP contribution in [-0.2, 0) is 9.59 Å². The number of carbonyl (C=O) groups excluding carboxylic acids is 2. The molecular weight excluding hydrogens is 414 g/mol. The highest BCUT2D eigenvalue weighted by Crippen LogP contribution is 2.42. The molecule has 0 spiro atoms. The maximum Gasteiger partial charge on any atom is 0.241 e. The minimum atomic E-state index is -0.435. The molecule has 152 valence electrons. The van der Waals surface area contributed by atoms with Crippen LogP contribution in [0.25, 0.3) is 0 Å². The van der Waals surface area contributed by atoms with Crippen molar-refractivity contribution in [2.24, 2.45) is 5.10 Å².